The van der Waals surface area contributed by atoms with E-state index in [4.69, 9.17) is 4.74 Å². The summed E-state index contributed by atoms with van der Waals surface area (Å²) in [5.41, 5.74) is 1.17. The smallest absolute Gasteiger partial charge is 0.242 e. The van der Waals surface area contributed by atoms with Crippen LogP contribution in [-0.4, -0.2) is 39.3 Å². The van der Waals surface area contributed by atoms with E-state index in [2.05, 4.69) is 5.32 Å². The largest absolute Gasteiger partial charge is 0.497 e. The van der Waals surface area contributed by atoms with Crippen LogP contribution in [0.25, 0.3) is 0 Å². The molecule has 0 aliphatic heterocycles. The van der Waals surface area contributed by atoms with E-state index in [-0.39, 0.29) is 29.6 Å². The van der Waals surface area contributed by atoms with Gasteiger partial charge < -0.3 is 10.1 Å². The maximum Gasteiger partial charge on any atom is 0.242 e. The number of halogens is 1. The highest BCUT2D eigenvalue weighted by Gasteiger charge is 2.20. The van der Waals surface area contributed by atoms with Gasteiger partial charge in [0.05, 0.1) is 12.0 Å². The number of aryl methyl sites for hydroxylation is 1. The number of nitrogens with zero attached hydrogens (tertiary/aromatic N) is 1. The van der Waals surface area contributed by atoms with Crippen molar-refractivity contribution in [3.63, 3.8) is 0 Å². The first kappa shape index (κ1) is 20.9. The van der Waals surface area contributed by atoms with Crippen LogP contribution in [0.5, 0.6) is 5.75 Å². The van der Waals surface area contributed by atoms with E-state index in [0.717, 1.165) is 0 Å². The standard InChI is InChI=1S/C19H23FN2O4S/c1-14-13-15(20)6-11-18(14)21-19(23)5-4-12-22(2)27(24,25)17-9-7-16(26-3)8-10-17/h6-11,13H,4-5,12H2,1-3H3,(H,21,23). The first-order chi connectivity index (χ1) is 12.7. The second-order valence-corrected chi connectivity index (χ2v) is 8.16. The van der Waals surface area contributed by atoms with E-state index in [1.165, 1.54) is 48.8 Å². The summed E-state index contributed by atoms with van der Waals surface area (Å²) < 4.78 is 44.4. The van der Waals surface area contributed by atoms with Crippen LogP contribution in [0.4, 0.5) is 10.1 Å². The van der Waals surface area contributed by atoms with Crippen molar-refractivity contribution in [2.24, 2.45) is 0 Å². The van der Waals surface area contributed by atoms with Gasteiger partial charge in [-0.05, 0) is 61.4 Å². The van der Waals surface area contributed by atoms with Gasteiger partial charge in [-0.1, -0.05) is 0 Å². The fourth-order valence-corrected chi connectivity index (χ4v) is 3.70. The lowest BCUT2D eigenvalue weighted by Gasteiger charge is -2.17. The van der Waals surface area contributed by atoms with Crippen LogP contribution in [0.15, 0.2) is 47.4 Å². The zero-order valence-electron chi connectivity index (χ0n) is 15.5. The van der Waals surface area contributed by atoms with Crippen molar-refractivity contribution in [3.05, 3.63) is 53.8 Å². The molecule has 0 saturated heterocycles. The van der Waals surface area contributed by atoms with Crippen LogP contribution in [0, 0.1) is 12.7 Å². The minimum absolute atomic E-state index is 0.152. The van der Waals surface area contributed by atoms with Crippen molar-refractivity contribution in [1.29, 1.82) is 0 Å². The molecule has 2 rings (SSSR count). The number of benzene rings is 2. The van der Waals surface area contributed by atoms with Crippen molar-refractivity contribution in [2.45, 2.75) is 24.7 Å². The SMILES string of the molecule is COc1ccc(S(=O)(=O)N(C)CCCC(=O)Nc2ccc(F)cc2C)cc1. The monoisotopic (exact) mass is 394 g/mol. The Morgan fingerprint density at radius 2 is 1.85 bits per heavy atom. The Kier molecular flexibility index (Phi) is 6.92. The highest BCUT2D eigenvalue weighted by molar-refractivity contribution is 7.89. The molecule has 6 nitrogen and oxygen atoms in total. The molecule has 0 bridgehead atoms. The van der Waals surface area contributed by atoms with Gasteiger partial charge in [0.1, 0.15) is 11.6 Å². The van der Waals surface area contributed by atoms with Crippen LogP contribution >= 0.6 is 0 Å². The summed E-state index contributed by atoms with van der Waals surface area (Å²) in [7, 11) is -0.646. The predicted molar refractivity (Wildman–Crippen MR) is 102 cm³/mol. The molecule has 0 aliphatic carbocycles. The Morgan fingerprint density at radius 1 is 1.19 bits per heavy atom. The third-order valence-corrected chi connectivity index (χ3v) is 5.98. The number of hydrogen-bond acceptors (Lipinski definition) is 4. The molecular weight excluding hydrogens is 371 g/mol. The summed E-state index contributed by atoms with van der Waals surface area (Å²) in [5, 5.41) is 2.71. The van der Waals surface area contributed by atoms with E-state index < -0.39 is 10.0 Å². The summed E-state index contributed by atoms with van der Waals surface area (Å²) in [6.45, 7) is 1.90. The normalized spacial score (nSPS) is 11.4. The molecule has 0 spiro atoms. The van der Waals surface area contributed by atoms with Gasteiger partial charge in [0.25, 0.3) is 0 Å². The topological polar surface area (TPSA) is 75.7 Å². The number of anilines is 1. The molecule has 146 valence electrons. The van der Waals surface area contributed by atoms with Crippen molar-refractivity contribution < 1.29 is 22.3 Å². The summed E-state index contributed by atoms with van der Waals surface area (Å²) in [4.78, 5) is 12.2. The first-order valence-electron chi connectivity index (χ1n) is 8.40. The van der Waals surface area contributed by atoms with E-state index in [0.29, 0.717) is 23.4 Å². The number of carbonyl (C=O) groups excluding carboxylic acids is 1. The second kappa shape index (κ2) is 8.96. The molecular formula is C19H23FN2O4S. The van der Waals surface area contributed by atoms with Crippen molar-refractivity contribution in [3.8, 4) is 5.75 Å². The maximum absolute atomic E-state index is 13.1. The second-order valence-electron chi connectivity index (χ2n) is 6.11. The van der Waals surface area contributed by atoms with E-state index >= 15 is 0 Å². The molecule has 0 heterocycles. The van der Waals surface area contributed by atoms with Gasteiger partial charge in [0, 0.05) is 25.7 Å². The zero-order valence-corrected chi connectivity index (χ0v) is 16.3. The molecule has 0 saturated carbocycles. The zero-order chi connectivity index (χ0) is 20.0. The summed E-state index contributed by atoms with van der Waals surface area (Å²) in [5.74, 6) is -0.0415. The third-order valence-electron chi connectivity index (χ3n) is 4.11. The van der Waals surface area contributed by atoms with Gasteiger partial charge in [-0.15, -0.1) is 0 Å². The number of nitrogens with one attached hydrogen (secondary N) is 1. The molecule has 27 heavy (non-hydrogen) atoms. The van der Waals surface area contributed by atoms with Gasteiger partial charge >= 0.3 is 0 Å². The van der Waals surface area contributed by atoms with Crippen LogP contribution in [0.1, 0.15) is 18.4 Å². The molecule has 0 radical (unpaired) electrons. The minimum Gasteiger partial charge on any atom is -0.497 e. The highest BCUT2D eigenvalue weighted by atomic mass is 32.2. The number of amides is 1. The third kappa shape index (κ3) is 5.51. The summed E-state index contributed by atoms with van der Waals surface area (Å²) in [6.07, 6.45) is 0.511. The number of sulfonamides is 1. The number of rotatable bonds is 8. The van der Waals surface area contributed by atoms with E-state index in [1.54, 1.807) is 19.1 Å². The number of carbonyl (C=O) groups is 1. The molecule has 0 fully saturated rings. The van der Waals surface area contributed by atoms with Crippen molar-refractivity contribution in [2.75, 3.05) is 26.0 Å². The van der Waals surface area contributed by atoms with Gasteiger partial charge in [0.2, 0.25) is 15.9 Å². The molecule has 2 aromatic rings. The van der Waals surface area contributed by atoms with E-state index in [9.17, 15) is 17.6 Å². The minimum atomic E-state index is -3.63. The Labute approximate surface area is 159 Å². The molecule has 0 aliphatic rings. The Hall–Kier alpha value is -2.45. The molecule has 0 unspecified atom stereocenters. The first-order valence-corrected chi connectivity index (χ1v) is 9.84. The fourth-order valence-electron chi connectivity index (χ4n) is 2.49. The molecule has 0 atom stereocenters. The van der Waals surface area contributed by atoms with E-state index in [1.807, 2.05) is 0 Å². The Balaban J connectivity index is 1.88. The molecule has 8 heteroatoms. The summed E-state index contributed by atoms with van der Waals surface area (Å²) >= 11 is 0. The molecule has 1 amide bonds. The fraction of sp³-hybridized carbons (Fsp3) is 0.316. The lowest BCUT2D eigenvalue weighted by Crippen LogP contribution is -2.28. The van der Waals surface area contributed by atoms with Gasteiger partial charge in [-0.2, -0.15) is 0 Å². The van der Waals surface area contributed by atoms with Crippen LogP contribution in [0.2, 0.25) is 0 Å². The molecule has 1 N–H and O–H groups in total. The lowest BCUT2D eigenvalue weighted by molar-refractivity contribution is -0.116. The molecule has 0 aromatic heterocycles. The number of methoxy groups -OCH3 is 1. The van der Waals surface area contributed by atoms with Crippen LogP contribution in [0.3, 0.4) is 0 Å². The summed E-state index contributed by atoms with van der Waals surface area (Å²) in [6, 6.07) is 10.2. The average Bonchev–Trinajstić information content (AvgIpc) is 2.64. The van der Waals surface area contributed by atoms with Crippen LogP contribution < -0.4 is 10.1 Å². The van der Waals surface area contributed by atoms with Crippen LogP contribution in [-0.2, 0) is 14.8 Å². The van der Waals surface area contributed by atoms with Gasteiger partial charge in [0.15, 0.2) is 0 Å². The average molecular weight is 394 g/mol. The maximum atomic E-state index is 13.1. The molecule has 2 aromatic carbocycles. The lowest BCUT2D eigenvalue weighted by atomic mass is 10.2. The van der Waals surface area contributed by atoms with Crippen molar-refractivity contribution >= 4 is 21.6 Å². The van der Waals surface area contributed by atoms with Gasteiger partial charge in [-0.25, -0.2) is 17.1 Å². The Bertz CT molecular complexity index is 898. The highest BCUT2D eigenvalue weighted by Crippen LogP contribution is 2.19. The Morgan fingerprint density at radius 3 is 2.44 bits per heavy atom. The van der Waals surface area contributed by atoms with Gasteiger partial charge in [-0.3, -0.25) is 4.79 Å². The van der Waals surface area contributed by atoms with Crippen molar-refractivity contribution in [1.82, 2.24) is 4.31 Å². The predicted octanol–water partition coefficient (Wildman–Crippen LogP) is 3.18. The quantitative estimate of drug-likeness (QED) is 0.746. The number of hydrogen-bond donors (Lipinski definition) is 1. The number of ether oxygens (including phenoxy) is 1.